The van der Waals surface area contributed by atoms with Gasteiger partial charge in [0.25, 0.3) is 10.0 Å². The molecule has 0 N–H and O–H groups in total. The van der Waals surface area contributed by atoms with Crippen molar-refractivity contribution in [3.05, 3.63) is 40.3 Å². The molecule has 22 heavy (non-hydrogen) atoms. The highest BCUT2D eigenvalue weighted by Gasteiger charge is 2.11. The van der Waals surface area contributed by atoms with Crippen molar-refractivity contribution < 1.29 is 8.42 Å². The molecule has 1 aromatic rings. The highest BCUT2D eigenvalue weighted by Crippen LogP contribution is 2.17. The van der Waals surface area contributed by atoms with Crippen molar-refractivity contribution in [3.8, 4) is 0 Å². The van der Waals surface area contributed by atoms with Gasteiger partial charge < -0.3 is 0 Å². The second-order valence-electron chi connectivity index (χ2n) is 5.52. The first kappa shape index (κ1) is 18.5. The molecule has 0 fully saturated rings. The molecule has 0 aliphatic carbocycles. The van der Waals surface area contributed by atoms with E-state index < -0.39 is 10.0 Å². The zero-order valence-corrected chi connectivity index (χ0v) is 14.1. The van der Waals surface area contributed by atoms with E-state index in [0.29, 0.717) is 0 Å². The fourth-order valence-electron chi connectivity index (χ4n) is 2.42. The second kappa shape index (κ2) is 10.2. The highest BCUT2D eigenvalue weighted by atomic mass is 32.2. The van der Waals surface area contributed by atoms with Gasteiger partial charge in [-0.2, -0.15) is 0 Å². The van der Waals surface area contributed by atoms with E-state index in [1.807, 2.05) is 6.07 Å². The van der Waals surface area contributed by atoms with Crippen LogP contribution in [0, 0.1) is 0 Å². The molecule has 6 heteroatoms. The molecule has 0 amide bonds. The topological polar surface area (TPSA) is 82.9 Å². The number of benzene rings is 1. The fourth-order valence-corrected chi connectivity index (χ4v) is 3.16. The predicted molar refractivity (Wildman–Crippen MR) is 89.1 cm³/mol. The van der Waals surface area contributed by atoms with E-state index in [4.69, 9.17) is 5.53 Å². The van der Waals surface area contributed by atoms with Gasteiger partial charge in [-0.15, -0.1) is 0 Å². The molecular formula is C16H25N3O2S. The van der Waals surface area contributed by atoms with Crippen LogP contribution >= 0.6 is 0 Å². The van der Waals surface area contributed by atoms with Gasteiger partial charge in [0.1, 0.15) is 0 Å². The van der Waals surface area contributed by atoms with E-state index in [-0.39, 0.29) is 4.90 Å². The Balaban J connectivity index is 2.37. The van der Waals surface area contributed by atoms with Crippen LogP contribution in [-0.4, -0.2) is 8.42 Å². The summed E-state index contributed by atoms with van der Waals surface area (Å²) in [6, 6.07) is 6.67. The standard InChI is InChI=1S/C16H25N3O2S/c1-2-3-4-5-6-7-8-9-11-15-12-10-13-16(14-15)22(20,21)19-18-17/h10,12-14H,2-9,11H2,1H3. The summed E-state index contributed by atoms with van der Waals surface area (Å²) in [7, 11) is -3.87. The van der Waals surface area contributed by atoms with Gasteiger partial charge in [-0.25, -0.2) is 8.42 Å². The van der Waals surface area contributed by atoms with Gasteiger partial charge in [0, 0.05) is 9.43 Å². The normalized spacial score (nSPS) is 11.1. The van der Waals surface area contributed by atoms with Crippen LogP contribution in [0.4, 0.5) is 0 Å². The molecule has 122 valence electrons. The van der Waals surface area contributed by atoms with Gasteiger partial charge in [0.2, 0.25) is 0 Å². The number of aryl methyl sites for hydroxylation is 1. The number of unbranched alkanes of at least 4 members (excludes halogenated alkanes) is 7. The van der Waals surface area contributed by atoms with Crippen LogP contribution in [-0.2, 0) is 16.4 Å². The third-order valence-electron chi connectivity index (χ3n) is 3.66. The SMILES string of the molecule is CCCCCCCCCCc1cccc(S(=O)(=O)N=[N+]=[N-])c1. The molecule has 5 nitrogen and oxygen atoms in total. The van der Waals surface area contributed by atoms with Crippen molar-refractivity contribution in [1.82, 2.24) is 0 Å². The first-order valence-electron chi connectivity index (χ1n) is 8.00. The van der Waals surface area contributed by atoms with Crippen molar-refractivity contribution in [2.45, 2.75) is 69.6 Å². The van der Waals surface area contributed by atoms with Gasteiger partial charge in [0.05, 0.1) is 4.90 Å². The predicted octanol–water partition coefficient (Wildman–Crippen LogP) is 5.37. The van der Waals surface area contributed by atoms with Gasteiger partial charge in [0.15, 0.2) is 0 Å². The Kier molecular flexibility index (Phi) is 8.63. The van der Waals surface area contributed by atoms with Crippen LogP contribution in [0.2, 0.25) is 0 Å². The Bertz CT molecular complexity index is 593. The first-order chi connectivity index (χ1) is 10.6. The van der Waals surface area contributed by atoms with Gasteiger partial charge in [-0.1, -0.05) is 64.0 Å². The van der Waals surface area contributed by atoms with E-state index in [0.717, 1.165) is 18.4 Å². The summed E-state index contributed by atoms with van der Waals surface area (Å²) in [5, 5.41) is 0. The van der Waals surface area contributed by atoms with Gasteiger partial charge in [-0.3, -0.25) is 0 Å². The van der Waals surface area contributed by atoms with Crippen molar-refractivity contribution in [2.24, 2.45) is 4.52 Å². The molecule has 1 rings (SSSR count). The van der Waals surface area contributed by atoms with E-state index in [2.05, 4.69) is 16.4 Å². The van der Waals surface area contributed by atoms with Crippen molar-refractivity contribution in [1.29, 1.82) is 0 Å². The monoisotopic (exact) mass is 323 g/mol. The summed E-state index contributed by atoms with van der Waals surface area (Å²) in [6.45, 7) is 2.22. The molecule has 0 heterocycles. The second-order valence-corrected chi connectivity index (χ2v) is 7.10. The third kappa shape index (κ3) is 6.96. The molecule has 0 atom stereocenters. The molecule has 0 saturated carbocycles. The smallest absolute Gasteiger partial charge is 0.216 e. The van der Waals surface area contributed by atoms with Crippen LogP contribution in [0.3, 0.4) is 0 Å². The largest absolute Gasteiger partial charge is 0.264 e. The Morgan fingerprint density at radius 3 is 2.32 bits per heavy atom. The first-order valence-corrected chi connectivity index (χ1v) is 9.44. The van der Waals surface area contributed by atoms with E-state index in [9.17, 15) is 8.42 Å². The lowest BCUT2D eigenvalue weighted by Gasteiger charge is -2.04. The minimum atomic E-state index is -3.87. The zero-order valence-electron chi connectivity index (χ0n) is 13.2. The van der Waals surface area contributed by atoms with Crippen molar-refractivity contribution >= 4 is 10.0 Å². The summed E-state index contributed by atoms with van der Waals surface area (Å²) in [5.41, 5.74) is 9.26. The lowest BCUT2D eigenvalue weighted by Crippen LogP contribution is -1.96. The average molecular weight is 323 g/mol. The highest BCUT2D eigenvalue weighted by molar-refractivity contribution is 7.90. The number of hydrogen-bond acceptors (Lipinski definition) is 2. The number of nitrogens with zero attached hydrogens (tertiary/aromatic N) is 3. The van der Waals surface area contributed by atoms with Crippen LogP contribution in [0.25, 0.3) is 10.4 Å². The lowest BCUT2D eigenvalue weighted by molar-refractivity contribution is 0.575. The maximum Gasteiger partial charge on any atom is 0.264 e. The van der Waals surface area contributed by atoms with Crippen LogP contribution in [0.1, 0.15) is 63.9 Å². The molecule has 0 radical (unpaired) electrons. The fraction of sp³-hybridized carbons (Fsp3) is 0.625. The Labute approximate surface area is 133 Å². The molecule has 0 aliphatic heterocycles. The Morgan fingerprint density at radius 2 is 1.68 bits per heavy atom. The maximum absolute atomic E-state index is 11.7. The van der Waals surface area contributed by atoms with Crippen molar-refractivity contribution in [2.75, 3.05) is 0 Å². The van der Waals surface area contributed by atoms with Crippen molar-refractivity contribution in [3.63, 3.8) is 0 Å². The van der Waals surface area contributed by atoms with Gasteiger partial charge >= 0.3 is 0 Å². The summed E-state index contributed by atoms with van der Waals surface area (Å²) in [5.74, 6) is 0. The Morgan fingerprint density at radius 1 is 1.05 bits per heavy atom. The summed E-state index contributed by atoms with van der Waals surface area (Å²) >= 11 is 0. The molecule has 0 spiro atoms. The van der Waals surface area contributed by atoms with E-state index in [1.54, 1.807) is 12.1 Å². The molecule has 0 saturated heterocycles. The molecule has 0 aromatic heterocycles. The van der Waals surface area contributed by atoms with Crippen LogP contribution in [0.15, 0.2) is 33.7 Å². The molecule has 0 aliphatic rings. The number of sulfonamides is 1. The molecule has 0 bridgehead atoms. The third-order valence-corrected chi connectivity index (χ3v) is 4.80. The minimum absolute atomic E-state index is 0.0716. The molecule has 0 unspecified atom stereocenters. The number of azide groups is 1. The quantitative estimate of drug-likeness (QED) is 0.237. The molecule has 1 aromatic carbocycles. The summed E-state index contributed by atoms with van der Waals surface area (Å²) in [6.07, 6.45) is 10.8. The van der Waals surface area contributed by atoms with Crippen LogP contribution < -0.4 is 0 Å². The van der Waals surface area contributed by atoms with E-state index in [1.165, 1.54) is 51.0 Å². The molecular weight excluding hydrogens is 298 g/mol. The maximum atomic E-state index is 11.7. The summed E-state index contributed by atoms with van der Waals surface area (Å²) < 4.78 is 26.2. The van der Waals surface area contributed by atoms with Gasteiger partial charge in [-0.05, 0) is 36.1 Å². The lowest BCUT2D eigenvalue weighted by atomic mass is 10.0. The Hall–Kier alpha value is -1.52. The number of rotatable bonds is 11. The number of hydrogen-bond donors (Lipinski definition) is 0. The average Bonchev–Trinajstić information content (AvgIpc) is 2.50. The van der Waals surface area contributed by atoms with E-state index >= 15 is 0 Å². The minimum Gasteiger partial charge on any atom is -0.216 e. The van der Waals surface area contributed by atoms with Crippen LogP contribution in [0.5, 0.6) is 0 Å². The zero-order chi connectivity index (χ0) is 16.3. The summed E-state index contributed by atoms with van der Waals surface area (Å²) in [4.78, 5) is 2.44.